The van der Waals surface area contributed by atoms with E-state index in [1.165, 1.54) is 23.8 Å². The molecule has 0 N–H and O–H groups in total. The Hall–Kier alpha value is -3.54. The van der Waals surface area contributed by atoms with Crippen molar-refractivity contribution in [3.05, 3.63) is 93.2 Å². The first-order chi connectivity index (χ1) is 12.9. The summed E-state index contributed by atoms with van der Waals surface area (Å²) < 4.78 is 5.23. The predicted molar refractivity (Wildman–Crippen MR) is 103 cm³/mol. The number of carbonyl (C=O) groups excluding carboxylic acids is 1. The third-order valence-corrected chi connectivity index (χ3v) is 4.07. The summed E-state index contributed by atoms with van der Waals surface area (Å²) in [6.45, 7) is 4.22. The first kappa shape index (κ1) is 18.3. The lowest BCUT2D eigenvalue weighted by molar-refractivity contribution is -0.384. The maximum absolute atomic E-state index is 12.0. The summed E-state index contributed by atoms with van der Waals surface area (Å²) in [6, 6.07) is 13.9. The molecule has 0 saturated carbocycles. The molecule has 3 rings (SSSR count). The normalized spacial score (nSPS) is 15.4. The van der Waals surface area contributed by atoms with Gasteiger partial charge in [-0.15, -0.1) is 0 Å². The molecule has 1 aliphatic rings. The van der Waals surface area contributed by atoms with Gasteiger partial charge in [-0.25, -0.2) is 9.79 Å². The monoisotopic (exact) mass is 362 g/mol. The molecule has 0 bridgehead atoms. The van der Waals surface area contributed by atoms with Gasteiger partial charge in [0.05, 0.1) is 4.92 Å². The number of hydrogen-bond acceptors (Lipinski definition) is 5. The van der Waals surface area contributed by atoms with Gasteiger partial charge in [0.25, 0.3) is 5.69 Å². The number of esters is 1. The Morgan fingerprint density at radius 3 is 2.56 bits per heavy atom. The standard InChI is InChI=1S/C21H18N2O4/c1-14(2)16-9-11-17(12-10-16)20-22-19(21(24)27-20)8-4-6-15-5-3-7-18(13-15)23(25)26/h3-14H,1-2H3/b6-4+,19-8-. The van der Waals surface area contributed by atoms with E-state index in [9.17, 15) is 14.9 Å². The molecule has 0 aliphatic carbocycles. The van der Waals surface area contributed by atoms with Gasteiger partial charge in [0, 0.05) is 17.7 Å². The van der Waals surface area contributed by atoms with E-state index in [2.05, 4.69) is 18.8 Å². The van der Waals surface area contributed by atoms with E-state index in [1.54, 1.807) is 24.3 Å². The predicted octanol–water partition coefficient (Wildman–Crippen LogP) is 4.62. The molecule has 0 saturated heterocycles. The van der Waals surface area contributed by atoms with Crippen LogP contribution in [0.15, 0.2) is 71.4 Å². The van der Waals surface area contributed by atoms with Crippen molar-refractivity contribution < 1.29 is 14.5 Å². The first-order valence-corrected chi connectivity index (χ1v) is 8.48. The van der Waals surface area contributed by atoms with Crippen LogP contribution in [0.5, 0.6) is 0 Å². The molecule has 0 radical (unpaired) electrons. The molecule has 0 unspecified atom stereocenters. The minimum absolute atomic E-state index is 0.00947. The molecule has 6 heteroatoms. The average Bonchev–Trinajstić information content (AvgIpc) is 3.03. The molecular formula is C21H18N2O4. The van der Waals surface area contributed by atoms with Gasteiger partial charge in [0.2, 0.25) is 5.90 Å². The van der Waals surface area contributed by atoms with E-state index in [0.717, 1.165) is 5.56 Å². The lowest BCUT2D eigenvalue weighted by Crippen LogP contribution is -2.05. The second-order valence-electron chi connectivity index (χ2n) is 6.35. The van der Waals surface area contributed by atoms with E-state index < -0.39 is 10.9 Å². The maximum atomic E-state index is 12.0. The highest BCUT2D eigenvalue weighted by atomic mass is 16.6. The smallest absolute Gasteiger partial charge is 0.363 e. The highest BCUT2D eigenvalue weighted by Crippen LogP contribution is 2.20. The zero-order chi connectivity index (χ0) is 19.4. The summed E-state index contributed by atoms with van der Waals surface area (Å²) in [5.74, 6) is 0.161. The molecule has 0 aromatic heterocycles. The number of allylic oxidation sites excluding steroid dienone is 2. The number of aliphatic imine (C=N–C) groups is 1. The van der Waals surface area contributed by atoms with Crippen LogP contribution in [0.3, 0.4) is 0 Å². The number of nitro groups is 1. The summed E-state index contributed by atoms with van der Waals surface area (Å²) in [4.78, 5) is 26.6. The Bertz CT molecular complexity index is 970. The third kappa shape index (κ3) is 4.36. The summed E-state index contributed by atoms with van der Waals surface area (Å²) in [6.07, 6.45) is 4.80. The van der Waals surface area contributed by atoms with Crippen LogP contribution in [0.4, 0.5) is 5.69 Å². The second-order valence-corrected chi connectivity index (χ2v) is 6.35. The lowest BCUT2D eigenvalue weighted by atomic mass is 10.0. The van der Waals surface area contributed by atoms with Gasteiger partial charge in [-0.1, -0.05) is 50.3 Å². The molecule has 0 amide bonds. The van der Waals surface area contributed by atoms with Crippen molar-refractivity contribution in [2.75, 3.05) is 0 Å². The van der Waals surface area contributed by atoms with Gasteiger partial charge in [-0.2, -0.15) is 0 Å². The Balaban J connectivity index is 1.77. The number of hydrogen-bond donors (Lipinski definition) is 0. The van der Waals surface area contributed by atoms with Crippen molar-refractivity contribution in [3.63, 3.8) is 0 Å². The van der Waals surface area contributed by atoms with Gasteiger partial charge in [-0.3, -0.25) is 10.1 Å². The summed E-state index contributed by atoms with van der Waals surface area (Å²) in [5.41, 5.74) is 2.77. The van der Waals surface area contributed by atoms with E-state index in [-0.39, 0.29) is 17.3 Å². The lowest BCUT2D eigenvalue weighted by Gasteiger charge is -2.05. The molecular weight excluding hydrogens is 344 g/mol. The maximum Gasteiger partial charge on any atom is 0.363 e. The Kier molecular flexibility index (Phi) is 5.26. The molecule has 1 aliphatic heterocycles. The number of benzene rings is 2. The number of cyclic esters (lactones) is 1. The fourth-order valence-corrected chi connectivity index (χ4v) is 2.55. The number of ether oxygens (including phenoxy) is 1. The Labute approximate surface area is 156 Å². The second kappa shape index (κ2) is 7.78. The van der Waals surface area contributed by atoms with E-state index >= 15 is 0 Å². The minimum Gasteiger partial charge on any atom is -0.402 e. The Morgan fingerprint density at radius 1 is 1.15 bits per heavy atom. The van der Waals surface area contributed by atoms with E-state index in [0.29, 0.717) is 11.5 Å². The van der Waals surface area contributed by atoms with Crippen LogP contribution in [-0.2, 0) is 9.53 Å². The van der Waals surface area contributed by atoms with Crippen molar-refractivity contribution in [3.8, 4) is 0 Å². The third-order valence-electron chi connectivity index (χ3n) is 4.07. The van der Waals surface area contributed by atoms with Crippen molar-refractivity contribution in [2.45, 2.75) is 19.8 Å². The molecule has 0 fully saturated rings. The van der Waals surface area contributed by atoms with E-state index in [4.69, 9.17) is 4.74 Å². The fourth-order valence-electron chi connectivity index (χ4n) is 2.55. The van der Waals surface area contributed by atoms with Crippen LogP contribution in [0.1, 0.15) is 36.5 Å². The zero-order valence-electron chi connectivity index (χ0n) is 15.0. The molecule has 2 aromatic carbocycles. The zero-order valence-corrected chi connectivity index (χ0v) is 15.0. The minimum atomic E-state index is -0.526. The number of nitro benzene ring substituents is 1. The van der Waals surface area contributed by atoms with Crippen LogP contribution >= 0.6 is 0 Å². The SMILES string of the molecule is CC(C)c1ccc(C2=N/C(=C\C=C\c3cccc([N+](=O)[O-])c3)C(=O)O2)cc1. The number of rotatable bonds is 5. The van der Waals surface area contributed by atoms with Crippen LogP contribution in [0.2, 0.25) is 0 Å². The van der Waals surface area contributed by atoms with Crippen LogP contribution in [0.25, 0.3) is 6.08 Å². The van der Waals surface area contributed by atoms with Gasteiger partial charge in [-0.05, 0) is 35.3 Å². The average molecular weight is 362 g/mol. The highest BCUT2D eigenvalue weighted by Gasteiger charge is 2.23. The number of carbonyl (C=O) groups is 1. The Morgan fingerprint density at radius 2 is 1.89 bits per heavy atom. The number of nitrogens with zero attached hydrogens (tertiary/aromatic N) is 2. The van der Waals surface area contributed by atoms with Crippen molar-refractivity contribution in [1.29, 1.82) is 0 Å². The van der Waals surface area contributed by atoms with Gasteiger partial charge in [0.1, 0.15) is 0 Å². The number of non-ortho nitro benzene ring substituents is 1. The molecule has 6 nitrogen and oxygen atoms in total. The first-order valence-electron chi connectivity index (χ1n) is 8.48. The molecule has 27 heavy (non-hydrogen) atoms. The molecule has 2 aromatic rings. The largest absolute Gasteiger partial charge is 0.402 e. The molecule has 0 spiro atoms. The molecule has 1 heterocycles. The van der Waals surface area contributed by atoms with Crippen LogP contribution in [-0.4, -0.2) is 16.8 Å². The van der Waals surface area contributed by atoms with Crippen molar-refractivity contribution >= 4 is 23.6 Å². The molecule has 136 valence electrons. The van der Waals surface area contributed by atoms with Gasteiger partial charge >= 0.3 is 5.97 Å². The summed E-state index contributed by atoms with van der Waals surface area (Å²) in [7, 11) is 0. The summed E-state index contributed by atoms with van der Waals surface area (Å²) >= 11 is 0. The van der Waals surface area contributed by atoms with Crippen LogP contribution in [0, 0.1) is 10.1 Å². The van der Waals surface area contributed by atoms with Gasteiger partial charge in [0.15, 0.2) is 5.70 Å². The highest BCUT2D eigenvalue weighted by molar-refractivity contribution is 6.11. The topological polar surface area (TPSA) is 81.8 Å². The fraction of sp³-hybridized carbons (Fsp3) is 0.143. The van der Waals surface area contributed by atoms with Crippen molar-refractivity contribution in [1.82, 2.24) is 0 Å². The van der Waals surface area contributed by atoms with Gasteiger partial charge < -0.3 is 4.74 Å². The summed E-state index contributed by atoms with van der Waals surface area (Å²) in [5, 5.41) is 10.8. The van der Waals surface area contributed by atoms with E-state index in [1.807, 2.05) is 24.3 Å². The van der Waals surface area contributed by atoms with Crippen molar-refractivity contribution in [2.24, 2.45) is 4.99 Å². The quantitative estimate of drug-likeness (QED) is 0.336. The van der Waals surface area contributed by atoms with Crippen LogP contribution < -0.4 is 0 Å². The molecule has 0 atom stereocenters.